The molecular formula is C10H20N2O2. The van der Waals surface area contributed by atoms with Gasteiger partial charge in [0.1, 0.15) is 6.61 Å². The predicted molar refractivity (Wildman–Crippen MR) is 54.9 cm³/mol. The normalized spacial score (nSPS) is 20.2. The first-order valence-electron chi connectivity index (χ1n) is 5.19. The van der Waals surface area contributed by atoms with Gasteiger partial charge in [-0.25, -0.2) is 0 Å². The SMILES string of the molecule is CCC(C)(N)COCC(=O)NC1CC1. The second kappa shape index (κ2) is 4.75. The minimum Gasteiger partial charge on any atom is -0.370 e. The van der Waals surface area contributed by atoms with E-state index in [-0.39, 0.29) is 18.1 Å². The quantitative estimate of drug-likeness (QED) is 0.652. The van der Waals surface area contributed by atoms with Crippen LogP contribution in [0.5, 0.6) is 0 Å². The zero-order valence-electron chi connectivity index (χ0n) is 9.01. The molecule has 82 valence electrons. The molecule has 0 aromatic rings. The van der Waals surface area contributed by atoms with Crippen molar-refractivity contribution in [3.8, 4) is 0 Å². The van der Waals surface area contributed by atoms with E-state index in [2.05, 4.69) is 5.32 Å². The van der Waals surface area contributed by atoms with Crippen LogP contribution in [-0.4, -0.2) is 30.7 Å². The molecule has 0 aromatic carbocycles. The van der Waals surface area contributed by atoms with Crippen molar-refractivity contribution in [3.05, 3.63) is 0 Å². The van der Waals surface area contributed by atoms with Gasteiger partial charge in [-0.05, 0) is 26.2 Å². The zero-order chi connectivity index (χ0) is 10.6. The fourth-order valence-corrected chi connectivity index (χ4v) is 0.976. The Morgan fingerprint density at radius 3 is 2.79 bits per heavy atom. The summed E-state index contributed by atoms with van der Waals surface area (Å²) in [6, 6.07) is 0.404. The summed E-state index contributed by atoms with van der Waals surface area (Å²) in [6.45, 7) is 4.49. The summed E-state index contributed by atoms with van der Waals surface area (Å²) in [5, 5.41) is 2.85. The van der Waals surface area contributed by atoms with Gasteiger partial charge in [0.2, 0.25) is 5.91 Å². The lowest BCUT2D eigenvalue weighted by atomic mass is 10.0. The summed E-state index contributed by atoms with van der Waals surface area (Å²) < 4.78 is 5.24. The Morgan fingerprint density at radius 2 is 2.29 bits per heavy atom. The van der Waals surface area contributed by atoms with Crippen LogP contribution in [0.2, 0.25) is 0 Å². The minimum atomic E-state index is -0.320. The molecule has 0 aromatic heterocycles. The van der Waals surface area contributed by atoms with Gasteiger partial charge in [0.15, 0.2) is 0 Å². The molecule has 1 saturated carbocycles. The Hall–Kier alpha value is -0.610. The van der Waals surface area contributed by atoms with Gasteiger partial charge in [-0.3, -0.25) is 4.79 Å². The first kappa shape index (κ1) is 11.5. The van der Waals surface area contributed by atoms with E-state index in [4.69, 9.17) is 10.5 Å². The highest BCUT2D eigenvalue weighted by atomic mass is 16.5. The Kier molecular flexibility index (Phi) is 3.89. The maximum Gasteiger partial charge on any atom is 0.246 e. The lowest BCUT2D eigenvalue weighted by molar-refractivity contribution is -0.126. The minimum absolute atomic E-state index is 0.0283. The molecule has 1 fully saturated rings. The Balaban J connectivity index is 2.04. The van der Waals surface area contributed by atoms with Gasteiger partial charge in [0.05, 0.1) is 6.61 Å². The van der Waals surface area contributed by atoms with Gasteiger partial charge in [-0.15, -0.1) is 0 Å². The van der Waals surface area contributed by atoms with Crippen LogP contribution in [-0.2, 0) is 9.53 Å². The molecule has 1 amide bonds. The van der Waals surface area contributed by atoms with Gasteiger partial charge in [-0.1, -0.05) is 6.92 Å². The van der Waals surface area contributed by atoms with Crippen LogP contribution in [0.3, 0.4) is 0 Å². The van der Waals surface area contributed by atoms with E-state index >= 15 is 0 Å². The molecule has 1 atom stereocenters. The zero-order valence-corrected chi connectivity index (χ0v) is 9.01. The summed E-state index contributed by atoms with van der Waals surface area (Å²) in [5.74, 6) is -0.0283. The molecule has 3 N–H and O–H groups in total. The smallest absolute Gasteiger partial charge is 0.246 e. The van der Waals surface area contributed by atoms with Gasteiger partial charge in [0.25, 0.3) is 0 Å². The van der Waals surface area contributed by atoms with Crippen molar-refractivity contribution in [1.29, 1.82) is 0 Å². The van der Waals surface area contributed by atoms with Gasteiger partial charge < -0.3 is 15.8 Å². The van der Waals surface area contributed by atoms with Crippen LogP contribution >= 0.6 is 0 Å². The highest BCUT2D eigenvalue weighted by Gasteiger charge is 2.23. The number of nitrogens with two attached hydrogens (primary N) is 1. The third-order valence-corrected chi connectivity index (χ3v) is 2.42. The first-order chi connectivity index (χ1) is 6.53. The van der Waals surface area contributed by atoms with E-state index in [1.165, 1.54) is 0 Å². The summed E-state index contributed by atoms with van der Waals surface area (Å²) in [5.41, 5.74) is 5.54. The number of ether oxygens (including phenoxy) is 1. The average Bonchev–Trinajstić information content (AvgIpc) is 2.88. The van der Waals surface area contributed by atoms with E-state index < -0.39 is 0 Å². The molecule has 1 aliphatic carbocycles. The van der Waals surface area contributed by atoms with Gasteiger partial charge in [-0.2, -0.15) is 0 Å². The van der Waals surface area contributed by atoms with Crippen molar-refractivity contribution in [1.82, 2.24) is 5.32 Å². The van der Waals surface area contributed by atoms with Crippen LogP contribution in [0, 0.1) is 0 Å². The van der Waals surface area contributed by atoms with Crippen molar-refractivity contribution < 1.29 is 9.53 Å². The number of carbonyl (C=O) groups is 1. The molecule has 0 saturated heterocycles. The fraction of sp³-hybridized carbons (Fsp3) is 0.900. The molecule has 1 aliphatic rings. The Bertz CT molecular complexity index is 200. The van der Waals surface area contributed by atoms with E-state index in [9.17, 15) is 4.79 Å². The van der Waals surface area contributed by atoms with Gasteiger partial charge >= 0.3 is 0 Å². The number of amides is 1. The van der Waals surface area contributed by atoms with Crippen molar-refractivity contribution in [2.24, 2.45) is 5.73 Å². The van der Waals surface area contributed by atoms with Crippen LogP contribution in [0.15, 0.2) is 0 Å². The molecule has 0 aliphatic heterocycles. The van der Waals surface area contributed by atoms with E-state index in [0.29, 0.717) is 12.6 Å². The van der Waals surface area contributed by atoms with E-state index in [0.717, 1.165) is 19.3 Å². The summed E-state index contributed by atoms with van der Waals surface area (Å²) >= 11 is 0. The lowest BCUT2D eigenvalue weighted by Gasteiger charge is -2.21. The van der Waals surface area contributed by atoms with Crippen molar-refractivity contribution in [2.45, 2.75) is 44.7 Å². The average molecular weight is 200 g/mol. The predicted octanol–water partition coefficient (Wildman–Crippen LogP) is 0.409. The molecule has 0 heterocycles. The summed E-state index contributed by atoms with van der Waals surface area (Å²) in [6.07, 6.45) is 3.06. The number of rotatable bonds is 6. The Morgan fingerprint density at radius 1 is 1.64 bits per heavy atom. The number of hydrogen-bond acceptors (Lipinski definition) is 3. The number of nitrogens with one attached hydrogen (secondary N) is 1. The molecule has 1 unspecified atom stereocenters. The summed E-state index contributed by atoms with van der Waals surface area (Å²) in [7, 11) is 0. The lowest BCUT2D eigenvalue weighted by Crippen LogP contribution is -2.41. The van der Waals surface area contributed by atoms with Crippen LogP contribution in [0.25, 0.3) is 0 Å². The van der Waals surface area contributed by atoms with Crippen molar-refractivity contribution in [2.75, 3.05) is 13.2 Å². The second-order valence-corrected chi connectivity index (χ2v) is 4.34. The highest BCUT2D eigenvalue weighted by Crippen LogP contribution is 2.18. The molecule has 0 spiro atoms. The molecule has 1 rings (SSSR count). The molecule has 0 bridgehead atoms. The highest BCUT2D eigenvalue weighted by molar-refractivity contribution is 5.77. The van der Waals surface area contributed by atoms with Crippen LogP contribution in [0.1, 0.15) is 33.1 Å². The fourth-order valence-electron chi connectivity index (χ4n) is 0.976. The topological polar surface area (TPSA) is 64.3 Å². The molecule has 14 heavy (non-hydrogen) atoms. The van der Waals surface area contributed by atoms with E-state index in [1.54, 1.807) is 0 Å². The molecule has 0 radical (unpaired) electrons. The number of hydrogen-bond donors (Lipinski definition) is 2. The maximum absolute atomic E-state index is 11.2. The molecular weight excluding hydrogens is 180 g/mol. The third-order valence-electron chi connectivity index (χ3n) is 2.42. The van der Waals surface area contributed by atoms with Crippen molar-refractivity contribution in [3.63, 3.8) is 0 Å². The largest absolute Gasteiger partial charge is 0.370 e. The van der Waals surface area contributed by atoms with Gasteiger partial charge in [0, 0.05) is 11.6 Å². The maximum atomic E-state index is 11.2. The third kappa shape index (κ3) is 4.58. The monoisotopic (exact) mass is 200 g/mol. The second-order valence-electron chi connectivity index (χ2n) is 4.34. The Labute approximate surface area is 85.2 Å². The van der Waals surface area contributed by atoms with Crippen molar-refractivity contribution >= 4 is 5.91 Å². The number of carbonyl (C=O) groups excluding carboxylic acids is 1. The molecule has 4 nitrogen and oxygen atoms in total. The van der Waals surface area contributed by atoms with E-state index in [1.807, 2.05) is 13.8 Å². The van der Waals surface area contributed by atoms with Crippen LogP contribution in [0.4, 0.5) is 0 Å². The summed E-state index contributed by atoms with van der Waals surface area (Å²) in [4.78, 5) is 11.2. The van der Waals surface area contributed by atoms with Crippen LogP contribution < -0.4 is 11.1 Å². The standard InChI is InChI=1S/C10H20N2O2/c1-3-10(2,11)7-14-6-9(13)12-8-4-5-8/h8H,3-7,11H2,1-2H3,(H,12,13). The first-order valence-corrected chi connectivity index (χ1v) is 5.19. The molecule has 4 heteroatoms.